The Balaban J connectivity index is 2.40. The fourth-order valence-corrected chi connectivity index (χ4v) is 2.27. The first-order chi connectivity index (χ1) is 8.70. The predicted octanol–water partition coefficient (Wildman–Crippen LogP) is 1.86. The van der Waals surface area contributed by atoms with Crippen LogP contribution in [-0.2, 0) is 9.59 Å². The Morgan fingerprint density at radius 3 is 2.94 bits per heavy atom. The highest BCUT2D eigenvalue weighted by Crippen LogP contribution is 2.18. The molecular weight excluding hydrogens is 228 g/mol. The van der Waals surface area contributed by atoms with Crippen molar-refractivity contribution in [3.8, 4) is 0 Å². The Bertz CT molecular complexity index is 302. The van der Waals surface area contributed by atoms with E-state index in [0.29, 0.717) is 13.0 Å². The fourth-order valence-electron chi connectivity index (χ4n) is 2.27. The highest BCUT2D eigenvalue weighted by atomic mass is 16.2. The lowest BCUT2D eigenvalue weighted by Crippen LogP contribution is -2.46. The number of amides is 2. The Hall–Kier alpha value is -1.32. The molecular formula is C14H24N2O2. The van der Waals surface area contributed by atoms with Crippen molar-refractivity contribution < 1.29 is 9.59 Å². The molecule has 2 amide bonds. The Morgan fingerprint density at radius 2 is 2.28 bits per heavy atom. The van der Waals surface area contributed by atoms with E-state index in [1.165, 1.54) is 0 Å². The number of unbranched alkanes of at least 4 members (excludes halogenated alkanes) is 1. The van der Waals surface area contributed by atoms with Crippen LogP contribution in [0, 0.1) is 0 Å². The van der Waals surface area contributed by atoms with E-state index in [1.54, 1.807) is 4.90 Å². The second-order valence-electron chi connectivity index (χ2n) is 4.72. The van der Waals surface area contributed by atoms with Gasteiger partial charge in [0.05, 0.1) is 0 Å². The number of hydrogen-bond donors (Lipinski definition) is 1. The van der Waals surface area contributed by atoms with Crippen LogP contribution in [0.1, 0.15) is 45.4 Å². The van der Waals surface area contributed by atoms with Gasteiger partial charge in [-0.3, -0.25) is 9.59 Å². The van der Waals surface area contributed by atoms with Crippen LogP contribution in [-0.4, -0.2) is 35.8 Å². The van der Waals surface area contributed by atoms with E-state index in [4.69, 9.17) is 0 Å². The predicted molar refractivity (Wildman–Crippen MR) is 72.1 cm³/mol. The molecule has 0 bridgehead atoms. The molecule has 0 aliphatic carbocycles. The number of carbonyl (C=O) groups is 2. The minimum Gasteiger partial charge on any atom is -0.354 e. The van der Waals surface area contributed by atoms with E-state index in [0.717, 1.165) is 38.6 Å². The second-order valence-corrected chi connectivity index (χ2v) is 4.72. The molecule has 1 N–H and O–H groups in total. The third-order valence-corrected chi connectivity index (χ3v) is 3.22. The Morgan fingerprint density at radius 1 is 1.50 bits per heavy atom. The molecule has 0 radical (unpaired) electrons. The van der Waals surface area contributed by atoms with Crippen LogP contribution in [0.5, 0.6) is 0 Å². The minimum absolute atomic E-state index is 0.000940. The van der Waals surface area contributed by atoms with Crippen LogP contribution in [0.25, 0.3) is 0 Å². The smallest absolute Gasteiger partial charge is 0.242 e. The fraction of sp³-hybridized carbons (Fsp3) is 0.714. The lowest BCUT2D eigenvalue weighted by atomic mass is 10.2. The van der Waals surface area contributed by atoms with Crippen molar-refractivity contribution in [2.45, 2.75) is 51.5 Å². The molecule has 102 valence electrons. The molecule has 1 heterocycles. The second kappa shape index (κ2) is 7.90. The van der Waals surface area contributed by atoms with E-state index >= 15 is 0 Å². The Kier molecular flexibility index (Phi) is 6.47. The summed E-state index contributed by atoms with van der Waals surface area (Å²) < 4.78 is 0. The molecule has 1 aliphatic heterocycles. The summed E-state index contributed by atoms with van der Waals surface area (Å²) in [5, 5.41) is 2.91. The lowest BCUT2D eigenvalue weighted by molar-refractivity contribution is -0.138. The van der Waals surface area contributed by atoms with Crippen molar-refractivity contribution in [3.05, 3.63) is 12.7 Å². The summed E-state index contributed by atoms with van der Waals surface area (Å²) in [7, 11) is 0. The van der Waals surface area contributed by atoms with Gasteiger partial charge in [0.2, 0.25) is 11.8 Å². The normalized spacial score (nSPS) is 18.7. The molecule has 1 fully saturated rings. The van der Waals surface area contributed by atoms with Gasteiger partial charge in [0.25, 0.3) is 0 Å². The molecule has 1 aliphatic rings. The summed E-state index contributed by atoms with van der Waals surface area (Å²) in [6, 6.07) is -0.243. The Labute approximate surface area is 109 Å². The molecule has 0 aromatic heterocycles. The zero-order chi connectivity index (χ0) is 13.4. The van der Waals surface area contributed by atoms with Gasteiger partial charge in [-0.15, -0.1) is 6.58 Å². The van der Waals surface area contributed by atoms with Crippen LogP contribution in [0.15, 0.2) is 12.7 Å². The molecule has 4 nitrogen and oxygen atoms in total. The van der Waals surface area contributed by atoms with Crippen molar-refractivity contribution in [3.63, 3.8) is 0 Å². The van der Waals surface area contributed by atoms with Crippen molar-refractivity contribution >= 4 is 11.8 Å². The van der Waals surface area contributed by atoms with E-state index in [-0.39, 0.29) is 17.9 Å². The van der Waals surface area contributed by atoms with E-state index in [1.807, 2.05) is 13.0 Å². The van der Waals surface area contributed by atoms with Crippen LogP contribution in [0.2, 0.25) is 0 Å². The quantitative estimate of drug-likeness (QED) is 0.555. The third-order valence-electron chi connectivity index (χ3n) is 3.22. The summed E-state index contributed by atoms with van der Waals surface area (Å²) >= 11 is 0. The third kappa shape index (κ3) is 4.17. The van der Waals surface area contributed by atoms with Crippen molar-refractivity contribution in [2.24, 2.45) is 0 Å². The van der Waals surface area contributed by atoms with Crippen LogP contribution >= 0.6 is 0 Å². The first-order valence-electron chi connectivity index (χ1n) is 6.88. The van der Waals surface area contributed by atoms with Gasteiger partial charge in [0.1, 0.15) is 6.04 Å². The number of likely N-dealkylation sites (tertiary alicyclic amines) is 1. The monoisotopic (exact) mass is 252 g/mol. The van der Waals surface area contributed by atoms with Gasteiger partial charge in [0, 0.05) is 19.5 Å². The molecule has 0 spiro atoms. The zero-order valence-corrected chi connectivity index (χ0v) is 11.3. The number of allylic oxidation sites excluding steroid dienone is 1. The number of rotatable bonds is 7. The van der Waals surface area contributed by atoms with E-state index in [9.17, 15) is 9.59 Å². The standard InChI is InChI=1S/C14H24N2O2/c1-3-5-6-10-15-14(18)12-9-7-11-16(12)13(17)8-4-2/h3,12H,1,4-11H2,2H3,(H,15,18)/t12-/m0/s1. The molecule has 18 heavy (non-hydrogen) atoms. The number of carbonyl (C=O) groups excluding carboxylic acids is 2. The molecule has 1 rings (SSSR count). The average molecular weight is 252 g/mol. The molecule has 1 atom stereocenters. The maximum atomic E-state index is 12.0. The molecule has 0 unspecified atom stereocenters. The number of nitrogens with one attached hydrogen (secondary N) is 1. The van der Waals surface area contributed by atoms with Gasteiger partial charge in [-0.2, -0.15) is 0 Å². The summed E-state index contributed by atoms with van der Waals surface area (Å²) in [5.74, 6) is 0.113. The molecule has 0 aromatic carbocycles. The van der Waals surface area contributed by atoms with Crippen LogP contribution < -0.4 is 5.32 Å². The first-order valence-corrected chi connectivity index (χ1v) is 6.88. The van der Waals surface area contributed by atoms with E-state index < -0.39 is 0 Å². The summed E-state index contributed by atoms with van der Waals surface area (Å²) in [5.41, 5.74) is 0. The summed E-state index contributed by atoms with van der Waals surface area (Å²) in [4.78, 5) is 25.6. The highest BCUT2D eigenvalue weighted by molar-refractivity contribution is 5.88. The topological polar surface area (TPSA) is 49.4 Å². The van der Waals surface area contributed by atoms with Gasteiger partial charge in [-0.05, 0) is 32.1 Å². The summed E-state index contributed by atoms with van der Waals surface area (Å²) in [6.45, 7) is 7.02. The van der Waals surface area contributed by atoms with Crippen molar-refractivity contribution in [1.82, 2.24) is 10.2 Å². The van der Waals surface area contributed by atoms with Crippen molar-refractivity contribution in [1.29, 1.82) is 0 Å². The molecule has 0 saturated carbocycles. The molecule has 4 heteroatoms. The molecule has 0 aromatic rings. The highest BCUT2D eigenvalue weighted by Gasteiger charge is 2.33. The van der Waals surface area contributed by atoms with Gasteiger partial charge in [-0.25, -0.2) is 0 Å². The average Bonchev–Trinajstić information content (AvgIpc) is 2.84. The molecule has 1 saturated heterocycles. The lowest BCUT2D eigenvalue weighted by Gasteiger charge is -2.23. The van der Waals surface area contributed by atoms with Gasteiger partial charge in [-0.1, -0.05) is 13.0 Å². The van der Waals surface area contributed by atoms with Crippen LogP contribution in [0.4, 0.5) is 0 Å². The maximum Gasteiger partial charge on any atom is 0.242 e. The SMILES string of the molecule is C=CCCCNC(=O)[C@@H]1CCCN1C(=O)CCC. The van der Waals surface area contributed by atoms with Crippen molar-refractivity contribution in [2.75, 3.05) is 13.1 Å². The maximum absolute atomic E-state index is 12.0. The van der Waals surface area contributed by atoms with Gasteiger partial charge in [0.15, 0.2) is 0 Å². The minimum atomic E-state index is -0.243. The number of nitrogens with zero attached hydrogens (tertiary/aromatic N) is 1. The van der Waals surface area contributed by atoms with Gasteiger partial charge < -0.3 is 10.2 Å². The van der Waals surface area contributed by atoms with Gasteiger partial charge >= 0.3 is 0 Å². The first kappa shape index (κ1) is 14.7. The largest absolute Gasteiger partial charge is 0.354 e. The van der Waals surface area contributed by atoms with Crippen LogP contribution in [0.3, 0.4) is 0 Å². The van der Waals surface area contributed by atoms with E-state index in [2.05, 4.69) is 11.9 Å². The zero-order valence-electron chi connectivity index (χ0n) is 11.3. The summed E-state index contributed by atoms with van der Waals surface area (Å²) in [6.07, 6.45) is 6.76. The number of hydrogen-bond acceptors (Lipinski definition) is 2.